The van der Waals surface area contributed by atoms with Gasteiger partial charge in [0.15, 0.2) is 11.5 Å². The Bertz CT molecular complexity index is 486. The van der Waals surface area contributed by atoms with E-state index in [4.69, 9.17) is 9.47 Å². The van der Waals surface area contributed by atoms with Crippen LogP contribution in [0.4, 0.5) is 0 Å². The van der Waals surface area contributed by atoms with E-state index in [0.717, 1.165) is 62.8 Å². The molecule has 5 heteroatoms. The van der Waals surface area contributed by atoms with Crippen LogP contribution in [0.2, 0.25) is 0 Å². The average Bonchev–Trinajstić information content (AvgIpc) is 2.62. The van der Waals surface area contributed by atoms with Crippen LogP contribution in [0.3, 0.4) is 0 Å². The van der Waals surface area contributed by atoms with Crippen LogP contribution in [-0.2, 0) is 6.42 Å². The van der Waals surface area contributed by atoms with Crippen molar-refractivity contribution in [1.29, 1.82) is 0 Å². The smallest absolute Gasteiger partial charge is 0.161 e. The standard InChI is InChI=1S/C18H28N2O2S/c1-21-17-5-4-15(6-9-20-10-7-19-8-11-20)13-18(17)22-16-3-2-12-23-14-16/h4-5,13,16,19H,2-3,6-12,14H2,1H3. The Labute approximate surface area is 143 Å². The van der Waals surface area contributed by atoms with Crippen LogP contribution in [0.15, 0.2) is 18.2 Å². The summed E-state index contributed by atoms with van der Waals surface area (Å²) >= 11 is 1.99. The third-order valence-corrected chi connectivity index (χ3v) is 5.75. The predicted octanol–water partition coefficient (Wildman–Crippen LogP) is 2.42. The van der Waals surface area contributed by atoms with E-state index in [0.29, 0.717) is 6.10 Å². The van der Waals surface area contributed by atoms with Crippen molar-refractivity contribution in [3.05, 3.63) is 23.8 Å². The van der Waals surface area contributed by atoms with E-state index in [9.17, 15) is 0 Å². The lowest BCUT2D eigenvalue weighted by Gasteiger charge is -2.27. The minimum atomic E-state index is 0.325. The normalized spacial score (nSPS) is 22.7. The highest BCUT2D eigenvalue weighted by atomic mass is 32.2. The van der Waals surface area contributed by atoms with Gasteiger partial charge in [-0.15, -0.1) is 0 Å². The molecule has 0 spiro atoms. The number of ether oxygens (including phenoxy) is 2. The van der Waals surface area contributed by atoms with Gasteiger partial charge in [-0.05, 0) is 42.7 Å². The summed E-state index contributed by atoms with van der Waals surface area (Å²) in [5.41, 5.74) is 1.34. The molecule has 0 amide bonds. The highest BCUT2D eigenvalue weighted by Crippen LogP contribution is 2.31. The molecule has 23 heavy (non-hydrogen) atoms. The Morgan fingerprint density at radius 2 is 2.13 bits per heavy atom. The maximum Gasteiger partial charge on any atom is 0.161 e. The monoisotopic (exact) mass is 336 g/mol. The Morgan fingerprint density at radius 3 is 2.87 bits per heavy atom. The summed E-state index contributed by atoms with van der Waals surface area (Å²) in [6.07, 6.45) is 3.80. The summed E-state index contributed by atoms with van der Waals surface area (Å²) in [7, 11) is 1.72. The number of nitrogens with one attached hydrogen (secondary N) is 1. The number of hydrogen-bond donors (Lipinski definition) is 1. The van der Waals surface area contributed by atoms with Gasteiger partial charge in [0, 0.05) is 38.5 Å². The van der Waals surface area contributed by atoms with Crippen LogP contribution >= 0.6 is 11.8 Å². The zero-order valence-electron chi connectivity index (χ0n) is 14.1. The Morgan fingerprint density at radius 1 is 1.26 bits per heavy atom. The molecule has 1 N–H and O–H groups in total. The second kappa shape index (κ2) is 8.81. The first-order valence-corrected chi connectivity index (χ1v) is 9.85. The topological polar surface area (TPSA) is 33.7 Å². The lowest BCUT2D eigenvalue weighted by Crippen LogP contribution is -2.44. The first-order valence-electron chi connectivity index (χ1n) is 8.69. The van der Waals surface area contributed by atoms with Gasteiger partial charge in [-0.25, -0.2) is 0 Å². The Balaban J connectivity index is 1.60. The molecule has 2 aliphatic heterocycles. The van der Waals surface area contributed by atoms with Crippen LogP contribution in [0.1, 0.15) is 18.4 Å². The van der Waals surface area contributed by atoms with Gasteiger partial charge in [0.25, 0.3) is 0 Å². The van der Waals surface area contributed by atoms with Crippen molar-refractivity contribution in [2.45, 2.75) is 25.4 Å². The first-order chi connectivity index (χ1) is 11.3. The molecule has 2 saturated heterocycles. The molecule has 1 atom stereocenters. The number of nitrogens with zero attached hydrogens (tertiary/aromatic N) is 1. The molecule has 1 aromatic rings. The highest BCUT2D eigenvalue weighted by Gasteiger charge is 2.18. The quantitative estimate of drug-likeness (QED) is 0.863. The fraction of sp³-hybridized carbons (Fsp3) is 0.667. The third-order valence-electron chi connectivity index (χ3n) is 4.57. The second-order valence-corrected chi connectivity index (χ2v) is 7.43. The molecule has 1 aromatic carbocycles. The molecule has 0 aliphatic carbocycles. The maximum atomic E-state index is 6.24. The minimum Gasteiger partial charge on any atom is -0.493 e. The molecule has 0 saturated carbocycles. The molecule has 2 aliphatic rings. The minimum absolute atomic E-state index is 0.325. The number of rotatable bonds is 6. The van der Waals surface area contributed by atoms with E-state index in [1.54, 1.807) is 7.11 Å². The number of methoxy groups -OCH3 is 1. The van der Waals surface area contributed by atoms with E-state index >= 15 is 0 Å². The van der Waals surface area contributed by atoms with Crippen molar-refractivity contribution in [3.63, 3.8) is 0 Å². The average molecular weight is 337 g/mol. The van der Waals surface area contributed by atoms with Gasteiger partial charge in [0.05, 0.1) is 7.11 Å². The molecule has 2 fully saturated rings. The van der Waals surface area contributed by atoms with Crippen LogP contribution < -0.4 is 14.8 Å². The molecule has 0 aromatic heterocycles. The van der Waals surface area contributed by atoms with Gasteiger partial charge in [0.1, 0.15) is 6.10 Å². The summed E-state index contributed by atoms with van der Waals surface area (Å²) in [4.78, 5) is 2.53. The molecular formula is C18H28N2O2S. The van der Waals surface area contributed by atoms with Gasteiger partial charge < -0.3 is 19.7 Å². The summed E-state index contributed by atoms with van der Waals surface area (Å²) in [6.45, 7) is 5.64. The van der Waals surface area contributed by atoms with Crippen LogP contribution in [0, 0.1) is 0 Å². The lowest BCUT2D eigenvalue weighted by molar-refractivity contribution is 0.202. The zero-order valence-corrected chi connectivity index (χ0v) is 14.9. The molecular weight excluding hydrogens is 308 g/mol. The van der Waals surface area contributed by atoms with Crippen LogP contribution in [-0.4, -0.2) is 62.3 Å². The van der Waals surface area contributed by atoms with Gasteiger partial charge in [-0.2, -0.15) is 11.8 Å². The van der Waals surface area contributed by atoms with E-state index < -0.39 is 0 Å². The van der Waals surface area contributed by atoms with E-state index in [1.807, 2.05) is 11.8 Å². The van der Waals surface area contributed by atoms with Crippen molar-refractivity contribution in [1.82, 2.24) is 10.2 Å². The zero-order chi connectivity index (χ0) is 15.9. The number of benzene rings is 1. The number of thioether (sulfide) groups is 1. The lowest BCUT2D eigenvalue weighted by atomic mass is 10.1. The van der Waals surface area contributed by atoms with E-state index in [1.165, 1.54) is 17.7 Å². The summed E-state index contributed by atoms with van der Waals surface area (Å²) < 4.78 is 11.7. The van der Waals surface area contributed by atoms with Crippen molar-refractivity contribution in [3.8, 4) is 11.5 Å². The third kappa shape index (κ3) is 5.03. The van der Waals surface area contributed by atoms with Gasteiger partial charge >= 0.3 is 0 Å². The van der Waals surface area contributed by atoms with E-state index in [2.05, 4.69) is 28.4 Å². The number of piperazine rings is 1. The predicted molar refractivity (Wildman–Crippen MR) is 97.0 cm³/mol. The maximum absolute atomic E-state index is 6.24. The van der Waals surface area contributed by atoms with Crippen molar-refractivity contribution < 1.29 is 9.47 Å². The molecule has 0 bridgehead atoms. The van der Waals surface area contributed by atoms with Crippen molar-refractivity contribution >= 4 is 11.8 Å². The molecule has 4 nitrogen and oxygen atoms in total. The Hall–Kier alpha value is -0.910. The van der Waals surface area contributed by atoms with E-state index in [-0.39, 0.29) is 0 Å². The molecule has 3 rings (SSSR count). The van der Waals surface area contributed by atoms with Gasteiger partial charge in [-0.3, -0.25) is 0 Å². The molecule has 128 valence electrons. The first kappa shape index (κ1) is 16.9. The van der Waals surface area contributed by atoms with Gasteiger partial charge in [0.2, 0.25) is 0 Å². The summed E-state index contributed by atoms with van der Waals surface area (Å²) in [5, 5.41) is 3.40. The molecule has 1 unspecified atom stereocenters. The highest BCUT2D eigenvalue weighted by molar-refractivity contribution is 7.99. The van der Waals surface area contributed by atoms with Crippen molar-refractivity contribution in [2.24, 2.45) is 0 Å². The fourth-order valence-electron chi connectivity index (χ4n) is 3.17. The number of hydrogen-bond acceptors (Lipinski definition) is 5. The molecule has 2 heterocycles. The van der Waals surface area contributed by atoms with Crippen LogP contribution in [0.5, 0.6) is 11.5 Å². The van der Waals surface area contributed by atoms with Crippen molar-refractivity contribution in [2.75, 3.05) is 51.3 Å². The molecule has 0 radical (unpaired) electrons. The largest absolute Gasteiger partial charge is 0.493 e. The summed E-state index contributed by atoms with van der Waals surface area (Å²) in [5.74, 6) is 4.12. The SMILES string of the molecule is COc1ccc(CCN2CCNCC2)cc1OC1CCCSC1. The summed E-state index contributed by atoms with van der Waals surface area (Å²) in [6, 6.07) is 6.40. The van der Waals surface area contributed by atoms with Crippen LogP contribution in [0.25, 0.3) is 0 Å². The fourth-order valence-corrected chi connectivity index (χ4v) is 4.21. The Kier molecular flexibility index (Phi) is 6.48. The van der Waals surface area contributed by atoms with Gasteiger partial charge in [-0.1, -0.05) is 6.07 Å². The second-order valence-electron chi connectivity index (χ2n) is 6.28.